The van der Waals surface area contributed by atoms with Gasteiger partial charge in [-0.2, -0.15) is 0 Å². The molecule has 0 fully saturated rings. The molecule has 0 spiro atoms. The van der Waals surface area contributed by atoms with Crippen molar-refractivity contribution in [2.75, 3.05) is 38.7 Å². The lowest BCUT2D eigenvalue weighted by molar-refractivity contribution is -0.115. The Balaban J connectivity index is 1.52. The van der Waals surface area contributed by atoms with Crippen molar-refractivity contribution in [3.63, 3.8) is 0 Å². The minimum absolute atomic E-state index is 0.0411. The number of amides is 1. The molecule has 4 aromatic rings. The van der Waals surface area contributed by atoms with Gasteiger partial charge in [-0.15, -0.1) is 11.3 Å². The molecule has 13 heteroatoms. The number of benzene rings is 3. The van der Waals surface area contributed by atoms with Gasteiger partial charge < -0.3 is 35.6 Å². The summed E-state index contributed by atoms with van der Waals surface area (Å²) in [5.74, 6) is 6.61. The molecule has 0 aliphatic carbocycles. The van der Waals surface area contributed by atoms with Crippen LogP contribution >= 0.6 is 11.3 Å². The van der Waals surface area contributed by atoms with Crippen molar-refractivity contribution < 1.29 is 28.2 Å². The van der Waals surface area contributed by atoms with E-state index in [1.54, 1.807) is 29.9 Å². The Morgan fingerprint density at radius 2 is 1.87 bits per heavy atom. The van der Waals surface area contributed by atoms with E-state index in [0.29, 0.717) is 47.1 Å². The number of likely N-dealkylation sites (N-methyl/N-ethyl adjacent to an activating group) is 1. The zero-order valence-electron chi connectivity index (χ0n) is 24.7. The summed E-state index contributed by atoms with van der Waals surface area (Å²) in [6, 6.07) is 16.7. The van der Waals surface area contributed by atoms with E-state index in [0.717, 1.165) is 11.6 Å². The third-order valence-electron chi connectivity index (χ3n) is 6.35. The average Bonchev–Trinajstić information content (AvgIpc) is 3.54. The predicted molar refractivity (Wildman–Crippen MR) is 171 cm³/mol. The number of ether oxygens (including phenoxy) is 3. The zero-order chi connectivity index (χ0) is 32.0. The molecule has 0 saturated carbocycles. The topological polar surface area (TPSA) is 154 Å². The second-order valence-corrected chi connectivity index (χ2v) is 10.7. The zero-order valence-corrected chi connectivity index (χ0v) is 25.5. The minimum Gasteiger partial charge on any atom is -0.488 e. The Kier molecular flexibility index (Phi) is 12.3. The van der Waals surface area contributed by atoms with E-state index in [9.17, 15) is 14.0 Å². The molecule has 236 valence electrons. The van der Waals surface area contributed by atoms with Crippen molar-refractivity contribution in [2.24, 2.45) is 11.6 Å². The first-order chi connectivity index (χ1) is 21.8. The van der Waals surface area contributed by atoms with Crippen LogP contribution in [0.2, 0.25) is 0 Å². The molecular formula is C32H35FN6O5S. The number of para-hydroxylation sites is 1. The molecule has 0 aliphatic heterocycles. The summed E-state index contributed by atoms with van der Waals surface area (Å²) in [7, 11) is 1.83. The Bertz CT molecular complexity index is 1590. The Labute approximate surface area is 264 Å². The average molecular weight is 635 g/mol. The Morgan fingerprint density at radius 1 is 1.07 bits per heavy atom. The highest BCUT2D eigenvalue weighted by Gasteiger charge is 2.17. The van der Waals surface area contributed by atoms with E-state index in [-0.39, 0.29) is 49.1 Å². The van der Waals surface area contributed by atoms with E-state index in [2.05, 4.69) is 15.6 Å². The third kappa shape index (κ3) is 10.3. The molecule has 11 nitrogen and oxygen atoms in total. The van der Waals surface area contributed by atoms with Crippen molar-refractivity contribution in [3.8, 4) is 23.0 Å². The first-order valence-corrected chi connectivity index (χ1v) is 14.9. The van der Waals surface area contributed by atoms with E-state index in [1.807, 2.05) is 37.4 Å². The van der Waals surface area contributed by atoms with Crippen molar-refractivity contribution in [3.05, 3.63) is 107 Å². The molecule has 4 rings (SSSR count). The number of thiazole rings is 1. The molecule has 1 aromatic heterocycles. The van der Waals surface area contributed by atoms with Gasteiger partial charge in [-0.3, -0.25) is 9.59 Å². The highest BCUT2D eigenvalue weighted by atomic mass is 32.1. The van der Waals surface area contributed by atoms with Gasteiger partial charge in [0.25, 0.3) is 0 Å². The molecule has 0 bridgehead atoms. The quantitative estimate of drug-likeness (QED) is 0.0753. The number of aldehydes is 1. The minimum atomic E-state index is -0.724. The van der Waals surface area contributed by atoms with Gasteiger partial charge in [0.1, 0.15) is 30.5 Å². The molecule has 0 unspecified atom stereocenters. The maximum atomic E-state index is 14.4. The molecule has 6 N–H and O–H groups in total. The third-order valence-corrected chi connectivity index (χ3v) is 7.04. The Morgan fingerprint density at radius 3 is 2.58 bits per heavy atom. The Hall–Kier alpha value is -4.98. The highest BCUT2D eigenvalue weighted by Crippen LogP contribution is 2.36. The fourth-order valence-electron chi connectivity index (χ4n) is 4.17. The second kappa shape index (κ2) is 16.8. The number of aromatic nitrogens is 1. The maximum absolute atomic E-state index is 14.4. The van der Waals surface area contributed by atoms with Crippen LogP contribution in [-0.4, -0.2) is 55.5 Å². The van der Waals surface area contributed by atoms with E-state index >= 15 is 0 Å². The highest BCUT2D eigenvalue weighted by molar-refractivity contribution is 7.13. The normalized spacial score (nSPS) is 11.1. The fourth-order valence-corrected chi connectivity index (χ4v) is 4.71. The summed E-state index contributed by atoms with van der Waals surface area (Å²) in [6.07, 6.45) is 4.23. The van der Waals surface area contributed by atoms with Gasteiger partial charge in [0.2, 0.25) is 5.91 Å². The lowest BCUT2D eigenvalue weighted by Gasteiger charge is -2.20. The molecule has 0 atom stereocenters. The summed E-state index contributed by atoms with van der Waals surface area (Å²) in [5, 5.41) is 9.56. The first-order valence-electron chi connectivity index (χ1n) is 14.0. The van der Waals surface area contributed by atoms with Crippen molar-refractivity contribution in [2.45, 2.75) is 12.8 Å². The lowest BCUT2D eigenvalue weighted by atomic mass is 10.00. The number of nitrogens with one attached hydrogen (secondary N) is 2. The van der Waals surface area contributed by atoms with Crippen LogP contribution < -0.4 is 36.4 Å². The number of anilines is 1. The van der Waals surface area contributed by atoms with Crippen LogP contribution in [0.25, 0.3) is 0 Å². The smallest absolute Gasteiger partial charge is 0.230 e. The number of rotatable bonds is 17. The first kappa shape index (κ1) is 32.9. The lowest BCUT2D eigenvalue weighted by Crippen LogP contribution is -2.31. The van der Waals surface area contributed by atoms with E-state index < -0.39 is 5.82 Å². The SMILES string of the molecule is CNCCc1cc(OCCN(N)/C=C(\N)COc2ccccc2)c(Oc2ccc(C=O)c(F)c2)cc1CC(=O)Nc1nccs1. The van der Waals surface area contributed by atoms with E-state index in [4.69, 9.17) is 25.8 Å². The molecular weight excluding hydrogens is 599 g/mol. The summed E-state index contributed by atoms with van der Waals surface area (Å²) >= 11 is 1.32. The molecule has 0 saturated heterocycles. The predicted octanol–water partition coefficient (Wildman–Crippen LogP) is 4.26. The van der Waals surface area contributed by atoms with Crippen LogP contribution in [0, 0.1) is 5.82 Å². The van der Waals surface area contributed by atoms with Gasteiger partial charge in [-0.25, -0.2) is 15.2 Å². The number of hydrogen-bond acceptors (Lipinski definition) is 11. The number of hydrazine groups is 1. The second-order valence-electron chi connectivity index (χ2n) is 9.78. The largest absolute Gasteiger partial charge is 0.488 e. The van der Waals surface area contributed by atoms with Crippen molar-refractivity contribution in [1.29, 1.82) is 0 Å². The van der Waals surface area contributed by atoms with Crippen LogP contribution in [0.15, 0.2) is 84.1 Å². The number of nitrogens with two attached hydrogens (primary N) is 2. The summed E-state index contributed by atoms with van der Waals surface area (Å²) in [4.78, 5) is 28.1. The van der Waals surface area contributed by atoms with Gasteiger partial charge in [0.15, 0.2) is 22.9 Å². The van der Waals surface area contributed by atoms with Crippen LogP contribution in [-0.2, 0) is 17.6 Å². The number of hydrogen-bond donors (Lipinski definition) is 4. The summed E-state index contributed by atoms with van der Waals surface area (Å²) in [6.45, 7) is 1.20. The van der Waals surface area contributed by atoms with Crippen molar-refractivity contribution >= 4 is 28.7 Å². The van der Waals surface area contributed by atoms with Gasteiger partial charge >= 0.3 is 0 Å². The van der Waals surface area contributed by atoms with Gasteiger partial charge in [-0.05, 0) is 67.5 Å². The molecule has 0 radical (unpaired) electrons. The molecule has 3 aromatic carbocycles. The number of halogens is 1. The van der Waals surface area contributed by atoms with Crippen LogP contribution in [0.5, 0.6) is 23.0 Å². The molecule has 0 aliphatic rings. The van der Waals surface area contributed by atoms with Crippen LogP contribution in [0.4, 0.5) is 9.52 Å². The number of nitrogens with zero attached hydrogens (tertiary/aromatic N) is 2. The molecule has 1 heterocycles. The fraction of sp³-hybridized carbons (Fsp3) is 0.219. The molecule has 1 amide bonds. The van der Waals surface area contributed by atoms with Crippen LogP contribution in [0.3, 0.4) is 0 Å². The molecule has 45 heavy (non-hydrogen) atoms. The maximum Gasteiger partial charge on any atom is 0.230 e. The van der Waals surface area contributed by atoms with Crippen molar-refractivity contribution in [1.82, 2.24) is 15.3 Å². The van der Waals surface area contributed by atoms with Gasteiger partial charge in [0.05, 0.1) is 24.2 Å². The van der Waals surface area contributed by atoms with E-state index in [1.165, 1.54) is 28.5 Å². The number of carbonyl (C=O) groups is 2. The summed E-state index contributed by atoms with van der Waals surface area (Å²) in [5.41, 5.74) is 7.95. The monoisotopic (exact) mass is 634 g/mol. The standard InChI is InChI=1S/C32H35FN6O5S/c1-36-10-9-22-15-29(42-13-12-39(35)19-25(34)21-43-26-5-3-2-4-6-26)30(44-27-8-7-23(20-40)28(33)18-27)16-24(22)17-31(41)38-32-37-11-14-45-32/h2-8,11,14-16,18-20,36H,9-10,12-13,17,21,34-35H2,1H3,(H,37,38,41)/b25-19-. The summed E-state index contributed by atoms with van der Waals surface area (Å²) < 4.78 is 32.2. The number of carbonyl (C=O) groups excluding carboxylic acids is 2. The van der Waals surface area contributed by atoms with Gasteiger partial charge in [-0.1, -0.05) is 18.2 Å². The van der Waals surface area contributed by atoms with Gasteiger partial charge in [0, 0.05) is 23.8 Å². The van der Waals surface area contributed by atoms with Crippen LogP contribution in [0.1, 0.15) is 21.5 Å².